The fourth-order valence-corrected chi connectivity index (χ4v) is 3.28. The molecule has 1 aliphatic rings. The first kappa shape index (κ1) is 15.3. The van der Waals surface area contributed by atoms with Crippen molar-refractivity contribution in [2.75, 3.05) is 26.7 Å². The fourth-order valence-electron chi connectivity index (χ4n) is 3.28. The number of H-pyrrole nitrogens is 1. The van der Waals surface area contributed by atoms with Crippen LogP contribution in [0.3, 0.4) is 0 Å². The lowest BCUT2D eigenvalue weighted by molar-refractivity contribution is 0.111. The third-order valence-corrected chi connectivity index (χ3v) is 4.62. The van der Waals surface area contributed by atoms with Gasteiger partial charge in [-0.25, -0.2) is 4.98 Å². The van der Waals surface area contributed by atoms with E-state index in [-0.39, 0.29) is 0 Å². The van der Waals surface area contributed by atoms with Crippen molar-refractivity contribution in [2.45, 2.75) is 31.8 Å². The number of hydrogen-bond donors (Lipinski definition) is 1. The van der Waals surface area contributed by atoms with Crippen LogP contribution in [0.1, 0.15) is 24.2 Å². The van der Waals surface area contributed by atoms with E-state index in [2.05, 4.69) is 57.1 Å². The number of rotatable bonds is 6. The van der Waals surface area contributed by atoms with Crippen molar-refractivity contribution in [2.24, 2.45) is 0 Å². The molecule has 2 aromatic rings. The van der Waals surface area contributed by atoms with Crippen LogP contribution < -0.4 is 0 Å². The molecule has 118 valence electrons. The summed E-state index contributed by atoms with van der Waals surface area (Å²) in [6.45, 7) is 4.47. The molecule has 1 atom stereocenters. The SMILES string of the molecule is CN(Cc1ncc[nH]1)[C@H]1CCCN(CCc2ccccc2)C1. The van der Waals surface area contributed by atoms with Crippen molar-refractivity contribution in [1.82, 2.24) is 19.8 Å². The largest absolute Gasteiger partial charge is 0.348 e. The van der Waals surface area contributed by atoms with Crippen molar-refractivity contribution in [1.29, 1.82) is 0 Å². The number of likely N-dealkylation sites (tertiary alicyclic amines) is 1. The Morgan fingerprint density at radius 3 is 2.95 bits per heavy atom. The minimum Gasteiger partial charge on any atom is -0.348 e. The summed E-state index contributed by atoms with van der Waals surface area (Å²) in [5.74, 6) is 1.06. The van der Waals surface area contributed by atoms with Gasteiger partial charge in [0.15, 0.2) is 0 Å². The summed E-state index contributed by atoms with van der Waals surface area (Å²) in [6, 6.07) is 11.4. The number of aromatic amines is 1. The number of hydrogen-bond acceptors (Lipinski definition) is 3. The molecule has 1 fully saturated rings. The molecule has 1 N–H and O–H groups in total. The lowest BCUT2D eigenvalue weighted by Crippen LogP contribution is -2.46. The summed E-state index contributed by atoms with van der Waals surface area (Å²) < 4.78 is 0. The molecule has 0 bridgehead atoms. The predicted molar refractivity (Wildman–Crippen MR) is 89.7 cm³/mol. The summed E-state index contributed by atoms with van der Waals surface area (Å²) in [7, 11) is 2.22. The molecule has 4 heteroatoms. The van der Waals surface area contributed by atoms with E-state index in [9.17, 15) is 0 Å². The summed E-state index contributed by atoms with van der Waals surface area (Å²) in [5.41, 5.74) is 1.44. The first-order valence-electron chi connectivity index (χ1n) is 8.26. The second-order valence-corrected chi connectivity index (χ2v) is 6.28. The van der Waals surface area contributed by atoms with Crippen LogP contribution in [0.25, 0.3) is 0 Å². The quantitative estimate of drug-likeness (QED) is 0.890. The first-order valence-corrected chi connectivity index (χ1v) is 8.26. The minimum atomic E-state index is 0.634. The van der Waals surface area contributed by atoms with Gasteiger partial charge in [0.2, 0.25) is 0 Å². The van der Waals surface area contributed by atoms with Gasteiger partial charge in [-0.05, 0) is 38.4 Å². The van der Waals surface area contributed by atoms with Crippen LogP contribution in [0.15, 0.2) is 42.7 Å². The molecule has 1 aromatic heterocycles. The molecule has 3 rings (SSSR count). The van der Waals surface area contributed by atoms with E-state index in [4.69, 9.17) is 0 Å². The molecular formula is C18H26N4. The van der Waals surface area contributed by atoms with Gasteiger partial charge in [0, 0.05) is 31.5 Å². The Kier molecular flexibility index (Phi) is 5.24. The Labute approximate surface area is 133 Å². The molecule has 0 spiro atoms. The van der Waals surface area contributed by atoms with Crippen molar-refractivity contribution < 1.29 is 0 Å². The average molecular weight is 298 g/mol. The zero-order valence-corrected chi connectivity index (χ0v) is 13.4. The van der Waals surface area contributed by atoms with Gasteiger partial charge in [-0.2, -0.15) is 0 Å². The van der Waals surface area contributed by atoms with Crippen LogP contribution in [-0.2, 0) is 13.0 Å². The van der Waals surface area contributed by atoms with E-state index in [1.165, 1.54) is 31.5 Å². The number of aromatic nitrogens is 2. The Balaban J connectivity index is 1.48. The lowest BCUT2D eigenvalue weighted by atomic mass is 10.0. The standard InChI is InChI=1S/C18H26N4/c1-21(15-18-19-10-11-20-18)17-8-5-12-22(14-17)13-9-16-6-3-2-4-7-16/h2-4,6-7,10-11,17H,5,8-9,12-15H2,1H3,(H,19,20)/t17-/m0/s1. The lowest BCUT2D eigenvalue weighted by Gasteiger charge is -2.37. The molecule has 2 heterocycles. The number of nitrogens with zero attached hydrogens (tertiary/aromatic N) is 3. The fraction of sp³-hybridized carbons (Fsp3) is 0.500. The third kappa shape index (κ3) is 4.18. The van der Waals surface area contributed by atoms with Crippen LogP contribution in [-0.4, -0.2) is 52.5 Å². The topological polar surface area (TPSA) is 35.2 Å². The van der Waals surface area contributed by atoms with E-state index in [1.807, 2.05) is 12.4 Å². The van der Waals surface area contributed by atoms with E-state index in [0.29, 0.717) is 6.04 Å². The molecule has 0 unspecified atom stereocenters. The van der Waals surface area contributed by atoms with Crippen LogP contribution in [0.5, 0.6) is 0 Å². The normalized spacial score (nSPS) is 19.6. The summed E-state index contributed by atoms with van der Waals surface area (Å²) >= 11 is 0. The average Bonchev–Trinajstić information content (AvgIpc) is 3.07. The maximum absolute atomic E-state index is 4.34. The zero-order chi connectivity index (χ0) is 15.2. The Morgan fingerprint density at radius 2 is 2.18 bits per heavy atom. The molecule has 22 heavy (non-hydrogen) atoms. The number of likely N-dealkylation sites (N-methyl/N-ethyl adjacent to an activating group) is 1. The highest BCUT2D eigenvalue weighted by Gasteiger charge is 2.23. The van der Waals surface area contributed by atoms with Gasteiger partial charge in [-0.3, -0.25) is 4.90 Å². The highest BCUT2D eigenvalue weighted by molar-refractivity contribution is 5.14. The Hall–Kier alpha value is -1.65. The third-order valence-electron chi connectivity index (χ3n) is 4.62. The summed E-state index contributed by atoms with van der Waals surface area (Å²) in [4.78, 5) is 12.6. The van der Waals surface area contributed by atoms with Gasteiger partial charge in [0.1, 0.15) is 5.82 Å². The monoisotopic (exact) mass is 298 g/mol. The van der Waals surface area contributed by atoms with Crippen LogP contribution in [0.2, 0.25) is 0 Å². The van der Waals surface area contributed by atoms with Gasteiger partial charge in [0.05, 0.1) is 6.54 Å². The molecule has 0 saturated carbocycles. The molecule has 0 amide bonds. The summed E-state index contributed by atoms with van der Waals surface area (Å²) in [6.07, 6.45) is 7.46. The van der Waals surface area contributed by atoms with Gasteiger partial charge in [-0.15, -0.1) is 0 Å². The Morgan fingerprint density at radius 1 is 1.32 bits per heavy atom. The van der Waals surface area contributed by atoms with E-state index < -0.39 is 0 Å². The molecule has 0 radical (unpaired) electrons. The van der Waals surface area contributed by atoms with E-state index in [0.717, 1.165) is 25.3 Å². The van der Waals surface area contributed by atoms with Crippen molar-refractivity contribution in [3.8, 4) is 0 Å². The second-order valence-electron chi connectivity index (χ2n) is 6.28. The minimum absolute atomic E-state index is 0.634. The van der Waals surface area contributed by atoms with E-state index in [1.54, 1.807) is 0 Å². The first-order chi connectivity index (χ1) is 10.8. The second kappa shape index (κ2) is 7.56. The van der Waals surface area contributed by atoms with E-state index >= 15 is 0 Å². The number of nitrogens with one attached hydrogen (secondary N) is 1. The maximum atomic E-state index is 4.34. The number of imidazole rings is 1. The van der Waals surface area contributed by atoms with Crippen LogP contribution >= 0.6 is 0 Å². The van der Waals surface area contributed by atoms with Crippen LogP contribution in [0.4, 0.5) is 0 Å². The zero-order valence-electron chi connectivity index (χ0n) is 13.4. The molecule has 0 aliphatic carbocycles. The molecular weight excluding hydrogens is 272 g/mol. The number of piperidine rings is 1. The Bertz CT molecular complexity index is 537. The molecule has 1 saturated heterocycles. The van der Waals surface area contributed by atoms with Gasteiger partial charge < -0.3 is 9.88 Å². The highest BCUT2D eigenvalue weighted by atomic mass is 15.2. The van der Waals surface area contributed by atoms with Gasteiger partial charge in [-0.1, -0.05) is 30.3 Å². The maximum Gasteiger partial charge on any atom is 0.120 e. The van der Waals surface area contributed by atoms with Crippen molar-refractivity contribution >= 4 is 0 Å². The smallest absolute Gasteiger partial charge is 0.120 e. The van der Waals surface area contributed by atoms with Gasteiger partial charge >= 0.3 is 0 Å². The van der Waals surface area contributed by atoms with Crippen molar-refractivity contribution in [3.63, 3.8) is 0 Å². The number of benzene rings is 1. The molecule has 4 nitrogen and oxygen atoms in total. The van der Waals surface area contributed by atoms with Crippen molar-refractivity contribution in [3.05, 3.63) is 54.1 Å². The van der Waals surface area contributed by atoms with Gasteiger partial charge in [0.25, 0.3) is 0 Å². The van der Waals surface area contributed by atoms with Crippen LogP contribution in [0, 0.1) is 0 Å². The molecule has 1 aliphatic heterocycles. The molecule has 1 aromatic carbocycles. The summed E-state index contributed by atoms with van der Waals surface area (Å²) in [5, 5.41) is 0. The predicted octanol–water partition coefficient (Wildman–Crippen LogP) is 2.55. The highest BCUT2D eigenvalue weighted by Crippen LogP contribution is 2.16.